The Morgan fingerprint density at radius 1 is 1.20 bits per heavy atom. The third kappa shape index (κ3) is 5.10. The van der Waals surface area contributed by atoms with Crippen LogP contribution in [-0.2, 0) is 14.8 Å². The van der Waals surface area contributed by atoms with Crippen molar-refractivity contribution in [3.63, 3.8) is 0 Å². The summed E-state index contributed by atoms with van der Waals surface area (Å²) < 4.78 is 42.5. The molecule has 1 N–H and O–H groups in total. The Morgan fingerprint density at radius 3 is 2.53 bits per heavy atom. The van der Waals surface area contributed by atoms with Crippen LogP contribution < -0.4 is 14.8 Å². The Labute approximate surface area is 176 Å². The number of hydrogen-bond acceptors (Lipinski definition) is 6. The summed E-state index contributed by atoms with van der Waals surface area (Å²) in [6.45, 7) is 1.26. The van der Waals surface area contributed by atoms with E-state index in [1.165, 1.54) is 33.3 Å². The molecule has 1 atom stereocenters. The number of carbonyl (C=O) groups is 1. The van der Waals surface area contributed by atoms with Crippen LogP contribution in [-0.4, -0.2) is 59.2 Å². The van der Waals surface area contributed by atoms with Crippen molar-refractivity contribution in [2.75, 3.05) is 39.7 Å². The van der Waals surface area contributed by atoms with Crippen LogP contribution in [0.4, 0.5) is 5.69 Å². The van der Waals surface area contributed by atoms with Crippen molar-refractivity contribution in [3.05, 3.63) is 48.0 Å². The van der Waals surface area contributed by atoms with Gasteiger partial charge in [-0.25, -0.2) is 12.7 Å². The molecule has 0 unspecified atom stereocenters. The maximum absolute atomic E-state index is 12.6. The molecular formula is C21H26N2O6S. The second-order valence-electron chi connectivity index (χ2n) is 7.08. The molecule has 0 aromatic heterocycles. The van der Waals surface area contributed by atoms with E-state index in [4.69, 9.17) is 14.2 Å². The summed E-state index contributed by atoms with van der Waals surface area (Å²) in [5, 5.41) is 2.72. The molecule has 2 aromatic rings. The third-order valence-electron chi connectivity index (χ3n) is 4.76. The van der Waals surface area contributed by atoms with Gasteiger partial charge in [-0.15, -0.1) is 0 Å². The molecule has 2 aromatic carbocycles. The molecule has 1 aliphatic heterocycles. The van der Waals surface area contributed by atoms with Crippen molar-refractivity contribution in [2.24, 2.45) is 0 Å². The van der Waals surface area contributed by atoms with Crippen LogP contribution in [0.1, 0.15) is 23.2 Å². The highest BCUT2D eigenvalue weighted by Gasteiger charge is 2.23. The Bertz CT molecular complexity index is 983. The first-order valence-corrected chi connectivity index (χ1v) is 11.0. The quantitative estimate of drug-likeness (QED) is 0.687. The number of anilines is 1. The zero-order chi connectivity index (χ0) is 21.7. The fraction of sp³-hybridized carbons (Fsp3) is 0.381. The van der Waals surface area contributed by atoms with Gasteiger partial charge in [0.2, 0.25) is 10.0 Å². The predicted molar refractivity (Wildman–Crippen MR) is 113 cm³/mol. The highest BCUT2D eigenvalue weighted by atomic mass is 32.2. The van der Waals surface area contributed by atoms with Crippen molar-refractivity contribution < 1.29 is 27.4 Å². The monoisotopic (exact) mass is 434 g/mol. The lowest BCUT2D eigenvalue weighted by atomic mass is 10.2. The predicted octanol–water partition coefficient (Wildman–Crippen LogP) is 2.76. The number of benzene rings is 2. The van der Waals surface area contributed by atoms with E-state index in [1.54, 1.807) is 30.3 Å². The van der Waals surface area contributed by atoms with E-state index in [-0.39, 0.29) is 22.7 Å². The minimum atomic E-state index is -3.73. The Kier molecular flexibility index (Phi) is 6.96. The van der Waals surface area contributed by atoms with Gasteiger partial charge in [-0.3, -0.25) is 4.79 Å². The molecule has 8 nitrogen and oxygen atoms in total. The van der Waals surface area contributed by atoms with Gasteiger partial charge in [0.05, 0.1) is 13.2 Å². The molecule has 30 heavy (non-hydrogen) atoms. The molecule has 3 rings (SSSR count). The molecular weight excluding hydrogens is 408 g/mol. The van der Waals surface area contributed by atoms with Gasteiger partial charge < -0.3 is 19.5 Å². The maximum atomic E-state index is 12.6. The van der Waals surface area contributed by atoms with Gasteiger partial charge in [0, 0.05) is 32.0 Å². The molecule has 1 aliphatic rings. The Morgan fingerprint density at radius 2 is 1.93 bits per heavy atom. The lowest BCUT2D eigenvalue weighted by Crippen LogP contribution is -2.23. The first-order chi connectivity index (χ1) is 14.3. The minimum absolute atomic E-state index is 0.0225. The van der Waals surface area contributed by atoms with Gasteiger partial charge in [-0.1, -0.05) is 0 Å². The van der Waals surface area contributed by atoms with E-state index >= 15 is 0 Å². The largest absolute Gasteiger partial charge is 0.495 e. The third-order valence-corrected chi connectivity index (χ3v) is 6.59. The summed E-state index contributed by atoms with van der Waals surface area (Å²) in [4.78, 5) is 12.6. The molecule has 1 amide bonds. The molecule has 0 saturated carbocycles. The van der Waals surface area contributed by atoms with E-state index < -0.39 is 10.0 Å². The summed E-state index contributed by atoms with van der Waals surface area (Å²) in [6, 6.07) is 11.2. The fourth-order valence-electron chi connectivity index (χ4n) is 3.02. The van der Waals surface area contributed by atoms with Crippen LogP contribution in [0.2, 0.25) is 0 Å². The molecule has 1 fully saturated rings. The van der Waals surface area contributed by atoms with Crippen LogP contribution in [0.3, 0.4) is 0 Å². The Balaban J connectivity index is 1.69. The van der Waals surface area contributed by atoms with Gasteiger partial charge in [0.15, 0.2) is 0 Å². The SMILES string of the molecule is COc1ccc(NC(=O)c2ccc(OC[C@H]3CCCO3)cc2)cc1S(=O)(=O)N(C)C. The minimum Gasteiger partial charge on any atom is -0.495 e. The zero-order valence-electron chi connectivity index (χ0n) is 17.3. The Hall–Kier alpha value is -2.62. The lowest BCUT2D eigenvalue weighted by Gasteiger charge is -2.16. The average molecular weight is 435 g/mol. The first-order valence-electron chi connectivity index (χ1n) is 9.57. The number of methoxy groups -OCH3 is 1. The van der Waals surface area contributed by atoms with E-state index in [1.807, 2.05) is 0 Å². The first kappa shape index (κ1) is 22.1. The van der Waals surface area contributed by atoms with Gasteiger partial charge in [-0.05, 0) is 55.3 Å². The standard InChI is InChI=1S/C21H26N2O6S/c1-23(2)30(25,26)20-13-16(8-11-19(20)27-3)22-21(24)15-6-9-17(10-7-15)29-14-18-5-4-12-28-18/h6-11,13,18H,4-5,12,14H2,1-3H3,(H,22,24)/t18-/m1/s1. The zero-order valence-corrected chi connectivity index (χ0v) is 18.1. The van der Waals surface area contributed by atoms with E-state index in [0.29, 0.717) is 23.6 Å². The summed E-state index contributed by atoms with van der Waals surface area (Å²) in [5.74, 6) is 0.499. The molecule has 9 heteroatoms. The van der Waals surface area contributed by atoms with Crippen LogP contribution in [0.15, 0.2) is 47.4 Å². The maximum Gasteiger partial charge on any atom is 0.255 e. The number of amides is 1. The highest BCUT2D eigenvalue weighted by molar-refractivity contribution is 7.89. The number of carbonyl (C=O) groups excluding carboxylic acids is 1. The summed E-state index contributed by atoms with van der Waals surface area (Å²) in [5.41, 5.74) is 0.771. The molecule has 0 aliphatic carbocycles. The second-order valence-corrected chi connectivity index (χ2v) is 9.20. The molecule has 162 valence electrons. The normalized spacial score (nSPS) is 16.5. The highest BCUT2D eigenvalue weighted by Crippen LogP contribution is 2.29. The average Bonchev–Trinajstić information content (AvgIpc) is 3.26. The van der Waals surface area contributed by atoms with Crippen molar-refractivity contribution in [2.45, 2.75) is 23.8 Å². The topological polar surface area (TPSA) is 94.2 Å². The van der Waals surface area contributed by atoms with Crippen molar-refractivity contribution in [3.8, 4) is 11.5 Å². The van der Waals surface area contributed by atoms with Crippen molar-refractivity contribution >= 4 is 21.6 Å². The number of nitrogens with one attached hydrogen (secondary N) is 1. The van der Waals surface area contributed by atoms with E-state index in [9.17, 15) is 13.2 Å². The summed E-state index contributed by atoms with van der Waals surface area (Å²) in [7, 11) is 0.528. The van der Waals surface area contributed by atoms with Gasteiger partial charge in [0.1, 0.15) is 23.0 Å². The second kappa shape index (κ2) is 9.46. The molecule has 0 radical (unpaired) electrons. The van der Waals surface area contributed by atoms with Gasteiger partial charge in [-0.2, -0.15) is 0 Å². The number of hydrogen-bond donors (Lipinski definition) is 1. The van der Waals surface area contributed by atoms with E-state index in [0.717, 1.165) is 23.8 Å². The molecule has 1 heterocycles. The fourth-order valence-corrected chi connectivity index (χ4v) is 4.10. The lowest BCUT2D eigenvalue weighted by molar-refractivity contribution is 0.0679. The van der Waals surface area contributed by atoms with Gasteiger partial charge >= 0.3 is 0 Å². The van der Waals surface area contributed by atoms with Crippen LogP contribution in [0.5, 0.6) is 11.5 Å². The summed E-state index contributed by atoms with van der Waals surface area (Å²) in [6.07, 6.45) is 2.17. The number of ether oxygens (including phenoxy) is 3. The number of nitrogens with zero attached hydrogens (tertiary/aromatic N) is 1. The van der Waals surface area contributed by atoms with Crippen LogP contribution >= 0.6 is 0 Å². The van der Waals surface area contributed by atoms with Crippen LogP contribution in [0.25, 0.3) is 0 Å². The summed E-state index contributed by atoms with van der Waals surface area (Å²) >= 11 is 0. The molecule has 0 spiro atoms. The van der Waals surface area contributed by atoms with Crippen molar-refractivity contribution in [1.29, 1.82) is 0 Å². The number of rotatable bonds is 8. The molecule has 1 saturated heterocycles. The van der Waals surface area contributed by atoms with Crippen LogP contribution in [0, 0.1) is 0 Å². The van der Waals surface area contributed by atoms with E-state index in [2.05, 4.69) is 5.32 Å². The smallest absolute Gasteiger partial charge is 0.255 e. The molecule has 0 bridgehead atoms. The van der Waals surface area contributed by atoms with Crippen molar-refractivity contribution in [1.82, 2.24) is 4.31 Å². The van der Waals surface area contributed by atoms with Gasteiger partial charge in [0.25, 0.3) is 5.91 Å². The number of sulfonamides is 1.